The second-order valence-corrected chi connectivity index (χ2v) is 6.78. The Labute approximate surface area is 123 Å². The van der Waals surface area contributed by atoms with E-state index in [-0.39, 0.29) is 5.91 Å². The van der Waals surface area contributed by atoms with Crippen LogP contribution in [0.5, 0.6) is 0 Å². The highest BCUT2D eigenvalue weighted by Gasteiger charge is 2.24. The van der Waals surface area contributed by atoms with Crippen molar-refractivity contribution in [2.24, 2.45) is 11.8 Å². The average molecular weight is 281 g/mol. The van der Waals surface area contributed by atoms with E-state index in [1.165, 1.54) is 25.8 Å². The molecule has 4 heteroatoms. The number of piperidine rings is 1. The number of nitrogens with zero attached hydrogens (tertiary/aromatic N) is 1. The third-order valence-electron chi connectivity index (χ3n) is 4.87. The summed E-state index contributed by atoms with van der Waals surface area (Å²) in [7, 11) is 0. The van der Waals surface area contributed by atoms with Crippen molar-refractivity contribution in [1.82, 2.24) is 15.5 Å². The number of carbonyl (C=O) groups is 1. The summed E-state index contributed by atoms with van der Waals surface area (Å²) in [5.74, 6) is 1.66. The Morgan fingerprint density at radius 2 is 2.00 bits per heavy atom. The summed E-state index contributed by atoms with van der Waals surface area (Å²) in [6.45, 7) is 9.95. The van der Waals surface area contributed by atoms with E-state index in [2.05, 4.69) is 29.4 Å². The van der Waals surface area contributed by atoms with Crippen LogP contribution >= 0.6 is 0 Å². The topological polar surface area (TPSA) is 44.4 Å². The Bertz CT molecular complexity index is 300. The first-order valence-electron chi connectivity index (χ1n) is 8.36. The molecule has 0 aromatic rings. The van der Waals surface area contributed by atoms with Gasteiger partial charge in [0.2, 0.25) is 5.91 Å². The molecule has 1 unspecified atom stereocenters. The van der Waals surface area contributed by atoms with Crippen molar-refractivity contribution in [3.8, 4) is 0 Å². The summed E-state index contributed by atoms with van der Waals surface area (Å²) in [4.78, 5) is 14.4. The van der Waals surface area contributed by atoms with Gasteiger partial charge in [0.15, 0.2) is 0 Å². The molecule has 4 nitrogen and oxygen atoms in total. The van der Waals surface area contributed by atoms with Crippen LogP contribution in [0.3, 0.4) is 0 Å². The van der Waals surface area contributed by atoms with E-state index in [1.807, 2.05) is 0 Å². The summed E-state index contributed by atoms with van der Waals surface area (Å²) in [5.41, 5.74) is 0. The van der Waals surface area contributed by atoms with Crippen LogP contribution in [0, 0.1) is 11.8 Å². The van der Waals surface area contributed by atoms with E-state index in [1.54, 1.807) is 0 Å². The van der Waals surface area contributed by atoms with Gasteiger partial charge in [0.1, 0.15) is 0 Å². The fourth-order valence-corrected chi connectivity index (χ4v) is 3.35. The lowest BCUT2D eigenvalue weighted by Crippen LogP contribution is -2.33. The maximum atomic E-state index is 11.9. The SMILES string of the molecule is CC(C)N1CCC(CNC(=O)CCC2CCNCC2)C1. The third kappa shape index (κ3) is 5.06. The normalized spacial score (nSPS) is 25.2. The van der Waals surface area contributed by atoms with Crippen LogP contribution in [0.15, 0.2) is 0 Å². The van der Waals surface area contributed by atoms with Crippen LogP contribution in [0.1, 0.15) is 46.0 Å². The summed E-state index contributed by atoms with van der Waals surface area (Å²) < 4.78 is 0. The molecule has 2 rings (SSSR count). The van der Waals surface area contributed by atoms with E-state index in [0.717, 1.165) is 38.5 Å². The molecule has 0 radical (unpaired) electrons. The second kappa shape index (κ2) is 7.99. The number of likely N-dealkylation sites (tertiary alicyclic amines) is 1. The molecule has 0 aromatic heterocycles. The van der Waals surface area contributed by atoms with Gasteiger partial charge in [0, 0.05) is 25.6 Å². The van der Waals surface area contributed by atoms with Crippen molar-refractivity contribution in [3.05, 3.63) is 0 Å². The van der Waals surface area contributed by atoms with Crippen molar-refractivity contribution < 1.29 is 4.79 Å². The summed E-state index contributed by atoms with van der Waals surface area (Å²) in [6.07, 6.45) is 5.48. The highest BCUT2D eigenvalue weighted by atomic mass is 16.1. The molecule has 0 spiro atoms. The van der Waals surface area contributed by atoms with Gasteiger partial charge >= 0.3 is 0 Å². The Kier molecular flexibility index (Phi) is 6.30. The number of amides is 1. The van der Waals surface area contributed by atoms with Gasteiger partial charge in [-0.1, -0.05) is 0 Å². The maximum Gasteiger partial charge on any atom is 0.220 e. The van der Waals surface area contributed by atoms with E-state index < -0.39 is 0 Å². The molecule has 2 aliphatic rings. The smallest absolute Gasteiger partial charge is 0.220 e. The van der Waals surface area contributed by atoms with Gasteiger partial charge in [0.05, 0.1) is 0 Å². The molecular formula is C16H31N3O. The Morgan fingerprint density at radius 3 is 2.65 bits per heavy atom. The van der Waals surface area contributed by atoms with Gasteiger partial charge in [-0.25, -0.2) is 0 Å². The molecule has 2 saturated heterocycles. The predicted molar refractivity (Wildman–Crippen MR) is 82.7 cm³/mol. The molecule has 0 bridgehead atoms. The van der Waals surface area contributed by atoms with Gasteiger partial charge in [0.25, 0.3) is 0 Å². The molecule has 1 amide bonds. The minimum atomic E-state index is 0.256. The molecule has 0 aliphatic carbocycles. The van der Waals surface area contributed by atoms with Gasteiger partial charge in [-0.2, -0.15) is 0 Å². The average Bonchev–Trinajstić information content (AvgIpc) is 2.93. The van der Waals surface area contributed by atoms with E-state index in [9.17, 15) is 4.79 Å². The third-order valence-corrected chi connectivity index (χ3v) is 4.87. The summed E-state index contributed by atoms with van der Waals surface area (Å²) in [5, 5.41) is 6.52. The number of nitrogens with one attached hydrogen (secondary N) is 2. The lowest BCUT2D eigenvalue weighted by Gasteiger charge is -2.22. The molecular weight excluding hydrogens is 250 g/mol. The number of carbonyl (C=O) groups excluding carboxylic acids is 1. The minimum Gasteiger partial charge on any atom is -0.356 e. The zero-order chi connectivity index (χ0) is 14.4. The Morgan fingerprint density at radius 1 is 1.25 bits per heavy atom. The molecule has 2 aliphatic heterocycles. The lowest BCUT2D eigenvalue weighted by molar-refractivity contribution is -0.121. The largest absolute Gasteiger partial charge is 0.356 e. The van der Waals surface area contributed by atoms with E-state index >= 15 is 0 Å². The van der Waals surface area contributed by atoms with Crippen LogP contribution in [0.2, 0.25) is 0 Å². The summed E-state index contributed by atoms with van der Waals surface area (Å²) >= 11 is 0. The maximum absolute atomic E-state index is 11.9. The van der Waals surface area contributed by atoms with E-state index in [4.69, 9.17) is 0 Å². The van der Waals surface area contributed by atoms with Crippen LogP contribution in [-0.4, -0.2) is 49.6 Å². The first-order valence-corrected chi connectivity index (χ1v) is 8.36. The van der Waals surface area contributed by atoms with Crippen LogP contribution < -0.4 is 10.6 Å². The van der Waals surface area contributed by atoms with Crippen LogP contribution in [0.4, 0.5) is 0 Å². The molecule has 20 heavy (non-hydrogen) atoms. The first kappa shape index (κ1) is 15.8. The van der Waals surface area contributed by atoms with Gasteiger partial charge in [-0.05, 0) is 71.0 Å². The van der Waals surface area contributed by atoms with Gasteiger partial charge < -0.3 is 15.5 Å². The van der Waals surface area contributed by atoms with E-state index in [0.29, 0.717) is 18.4 Å². The molecule has 2 N–H and O–H groups in total. The monoisotopic (exact) mass is 281 g/mol. The Balaban J connectivity index is 1.56. The van der Waals surface area contributed by atoms with Crippen LogP contribution in [-0.2, 0) is 4.79 Å². The van der Waals surface area contributed by atoms with Crippen molar-refractivity contribution >= 4 is 5.91 Å². The zero-order valence-corrected chi connectivity index (χ0v) is 13.2. The zero-order valence-electron chi connectivity index (χ0n) is 13.2. The second-order valence-electron chi connectivity index (χ2n) is 6.78. The highest BCUT2D eigenvalue weighted by molar-refractivity contribution is 5.75. The molecule has 2 heterocycles. The minimum absolute atomic E-state index is 0.256. The Hall–Kier alpha value is -0.610. The van der Waals surface area contributed by atoms with Gasteiger partial charge in [-0.3, -0.25) is 4.79 Å². The molecule has 0 saturated carbocycles. The fourth-order valence-electron chi connectivity index (χ4n) is 3.35. The lowest BCUT2D eigenvalue weighted by atomic mass is 9.93. The molecule has 1 atom stereocenters. The van der Waals surface area contributed by atoms with Crippen molar-refractivity contribution in [2.45, 2.75) is 52.0 Å². The number of rotatable bonds is 6. The quantitative estimate of drug-likeness (QED) is 0.777. The standard InChI is InChI=1S/C16H31N3O/c1-13(2)19-10-7-15(12-19)11-18-16(20)4-3-14-5-8-17-9-6-14/h13-15,17H,3-12H2,1-2H3,(H,18,20). The summed E-state index contributed by atoms with van der Waals surface area (Å²) in [6, 6.07) is 0.635. The van der Waals surface area contributed by atoms with Crippen molar-refractivity contribution in [1.29, 1.82) is 0 Å². The van der Waals surface area contributed by atoms with Gasteiger partial charge in [-0.15, -0.1) is 0 Å². The molecule has 0 aromatic carbocycles. The first-order chi connectivity index (χ1) is 9.65. The highest BCUT2D eigenvalue weighted by Crippen LogP contribution is 2.19. The van der Waals surface area contributed by atoms with Crippen molar-refractivity contribution in [2.75, 3.05) is 32.7 Å². The predicted octanol–water partition coefficient (Wildman–Crippen LogP) is 1.61. The van der Waals surface area contributed by atoms with Crippen LogP contribution in [0.25, 0.3) is 0 Å². The fraction of sp³-hybridized carbons (Fsp3) is 0.938. The number of hydrogen-bond acceptors (Lipinski definition) is 3. The molecule has 2 fully saturated rings. The number of hydrogen-bond donors (Lipinski definition) is 2. The van der Waals surface area contributed by atoms with Crippen molar-refractivity contribution in [3.63, 3.8) is 0 Å². The molecule has 116 valence electrons.